The van der Waals surface area contributed by atoms with Crippen molar-refractivity contribution in [1.82, 2.24) is 0 Å². The van der Waals surface area contributed by atoms with Gasteiger partial charge < -0.3 is 9.47 Å². The van der Waals surface area contributed by atoms with E-state index in [0.717, 1.165) is 11.1 Å². The van der Waals surface area contributed by atoms with E-state index in [-0.39, 0.29) is 18.2 Å². The van der Waals surface area contributed by atoms with Crippen molar-refractivity contribution in [2.75, 3.05) is 6.61 Å². The van der Waals surface area contributed by atoms with Gasteiger partial charge >= 0.3 is 5.97 Å². The Kier molecular flexibility index (Phi) is 3.67. The van der Waals surface area contributed by atoms with E-state index in [1.165, 1.54) is 12.2 Å². The molecule has 3 rings (SSSR count). The molecule has 0 saturated heterocycles. The van der Waals surface area contributed by atoms with Crippen molar-refractivity contribution < 1.29 is 19.1 Å². The van der Waals surface area contributed by atoms with Crippen LogP contribution in [0.2, 0.25) is 0 Å². The van der Waals surface area contributed by atoms with E-state index in [1.54, 1.807) is 25.2 Å². The van der Waals surface area contributed by atoms with Gasteiger partial charge in [-0.3, -0.25) is 9.59 Å². The molecule has 1 aromatic carbocycles. The number of carbonyl (C=O) groups is 2. The summed E-state index contributed by atoms with van der Waals surface area (Å²) in [5.74, 6) is 0.282. The number of hydrogen-bond acceptors (Lipinski definition) is 4. The minimum atomic E-state index is -0.759. The fraction of sp³-hybridized carbons (Fsp3) is 0.222. The smallest absolute Gasteiger partial charge is 0.309 e. The zero-order valence-electron chi connectivity index (χ0n) is 12.2. The number of rotatable bonds is 3. The molecular formula is C18H16O4. The standard InChI is InChI=1S/C18H16O4/c1-2-21-17(20)8-7-16-14-5-3-4-6-15(14)18(22-16)11-9-13(19)10-12-18/h3-7,9-12H,2,8H2,1H3/b16-7-. The van der Waals surface area contributed by atoms with Gasteiger partial charge in [-0.2, -0.15) is 0 Å². The summed E-state index contributed by atoms with van der Waals surface area (Å²) in [5.41, 5.74) is 1.13. The van der Waals surface area contributed by atoms with E-state index in [2.05, 4.69) is 0 Å². The summed E-state index contributed by atoms with van der Waals surface area (Å²) in [6.07, 6.45) is 8.39. The third-order valence-electron chi connectivity index (χ3n) is 3.64. The molecule has 0 saturated carbocycles. The quantitative estimate of drug-likeness (QED) is 0.805. The maximum absolute atomic E-state index is 11.5. The van der Waals surface area contributed by atoms with Gasteiger partial charge in [0, 0.05) is 11.1 Å². The molecule has 0 atom stereocenters. The molecule has 1 aliphatic carbocycles. The Labute approximate surface area is 128 Å². The Morgan fingerprint density at radius 2 is 2.00 bits per heavy atom. The molecule has 112 valence electrons. The topological polar surface area (TPSA) is 52.6 Å². The van der Waals surface area contributed by atoms with Crippen LogP contribution < -0.4 is 0 Å². The van der Waals surface area contributed by atoms with E-state index in [4.69, 9.17) is 9.47 Å². The normalized spacial score (nSPS) is 19.3. The molecule has 2 aliphatic rings. The Morgan fingerprint density at radius 3 is 2.73 bits per heavy atom. The molecule has 0 fully saturated rings. The van der Waals surface area contributed by atoms with Gasteiger partial charge in [0.1, 0.15) is 5.76 Å². The molecule has 1 heterocycles. The molecule has 0 unspecified atom stereocenters. The molecule has 0 amide bonds. The van der Waals surface area contributed by atoms with Crippen molar-refractivity contribution in [2.45, 2.75) is 18.9 Å². The predicted octanol–water partition coefficient (Wildman–Crippen LogP) is 2.90. The van der Waals surface area contributed by atoms with Crippen molar-refractivity contribution in [2.24, 2.45) is 0 Å². The number of ether oxygens (including phenoxy) is 2. The molecule has 0 N–H and O–H groups in total. The summed E-state index contributed by atoms with van der Waals surface area (Å²) in [7, 11) is 0. The van der Waals surface area contributed by atoms with E-state index >= 15 is 0 Å². The maximum Gasteiger partial charge on any atom is 0.309 e. The van der Waals surface area contributed by atoms with Crippen molar-refractivity contribution >= 4 is 17.5 Å². The second-order valence-corrected chi connectivity index (χ2v) is 5.09. The number of ketones is 1. The van der Waals surface area contributed by atoms with Crippen LogP contribution in [0.25, 0.3) is 5.76 Å². The van der Waals surface area contributed by atoms with Gasteiger partial charge in [0.2, 0.25) is 0 Å². The Hall–Kier alpha value is -2.62. The molecule has 4 nitrogen and oxygen atoms in total. The van der Waals surface area contributed by atoms with E-state index in [1.807, 2.05) is 24.3 Å². The maximum atomic E-state index is 11.5. The van der Waals surface area contributed by atoms with E-state index < -0.39 is 5.60 Å². The first-order valence-electron chi connectivity index (χ1n) is 7.22. The van der Waals surface area contributed by atoms with Crippen molar-refractivity contribution in [3.63, 3.8) is 0 Å². The lowest BCUT2D eigenvalue weighted by Gasteiger charge is -2.24. The third-order valence-corrected chi connectivity index (χ3v) is 3.64. The molecule has 22 heavy (non-hydrogen) atoms. The van der Waals surface area contributed by atoms with Gasteiger partial charge in [-0.1, -0.05) is 24.3 Å². The summed E-state index contributed by atoms with van der Waals surface area (Å²) in [5, 5.41) is 0. The van der Waals surface area contributed by atoms with Crippen LogP contribution in [-0.2, 0) is 24.7 Å². The largest absolute Gasteiger partial charge is 0.474 e. The van der Waals surface area contributed by atoms with Gasteiger partial charge in [-0.05, 0) is 37.3 Å². The zero-order chi connectivity index (χ0) is 15.6. The minimum Gasteiger partial charge on any atom is -0.474 e. The van der Waals surface area contributed by atoms with Crippen molar-refractivity contribution in [1.29, 1.82) is 0 Å². The molecule has 1 aliphatic heterocycles. The summed E-state index contributed by atoms with van der Waals surface area (Å²) >= 11 is 0. The lowest BCUT2D eigenvalue weighted by Crippen LogP contribution is -2.22. The molecule has 4 heteroatoms. The first kappa shape index (κ1) is 14.3. The van der Waals surface area contributed by atoms with Crippen LogP contribution in [0.15, 0.2) is 54.6 Å². The molecule has 0 radical (unpaired) electrons. The monoisotopic (exact) mass is 296 g/mol. The highest BCUT2D eigenvalue weighted by Gasteiger charge is 2.40. The molecule has 0 bridgehead atoms. The highest BCUT2D eigenvalue weighted by Crippen LogP contribution is 2.45. The van der Waals surface area contributed by atoms with Gasteiger partial charge in [-0.25, -0.2) is 0 Å². The van der Waals surface area contributed by atoms with Gasteiger partial charge in [0.25, 0.3) is 0 Å². The summed E-state index contributed by atoms with van der Waals surface area (Å²) < 4.78 is 11.0. The molecule has 0 aromatic heterocycles. The van der Waals surface area contributed by atoms with Crippen LogP contribution in [0.1, 0.15) is 24.5 Å². The van der Waals surface area contributed by atoms with Crippen LogP contribution in [0.3, 0.4) is 0 Å². The van der Waals surface area contributed by atoms with Crippen molar-refractivity contribution in [3.8, 4) is 0 Å². The number of hydrogen-bond donors (Lipinski definition) is 0. The van der Waals surface area contributed by atoms with Crippen LogP contribution in [0, 0.1) is 0 Å². The molecule has 1 spiro atoms. The number of benzene rings is 1. The van der Waals surface area contributed by atoms with Crippen molar-refractivity contribution in [3.05, 3.63) is 65.8 Å². The van der Waals surface area contributed by atoms with Crippen LogP contribution in [0.4, 0.5) is 0 Å². The second-order valence-electron chi connectivity index (χ2n) is 5.09. The Morgan fingerprint density at radius 1 is 1.27 bits per heavy atom. The number of esters is 1. The molecule has 1 aromatic rings. The lowest BCUT2D eigenvalue weighted by molar-refractivity contribution is -0.142. The SMILES string of the molecule is CCOC(=O)C/C=C1\OC2(C=CC(=O)C=C2)c2ccccc21. The second kappa shape index (κ2) is 5.64. The molecular weight excluding hydrogens is 280 g/mol. The van der Waals surface area contributed by atoms with Gasteiger partial charge in [0.05, 0.1) is 13.0 Å². The van der Waals surface area contributed by atoms with E-state index in [9.17, 15) is 9.59 Å². The van der Waals surface area contributed by atoms with Gasteiger partial charge in [-0.15, -0.1) is 0 Å². The predicted molar refractivity (Wildman–Crippen MR) is 81.7 cm³/mol. The third kappa shape index (κ3) is 2.48. The lowest BCUT2D eigenvalue weighted by atomic mass is 9.88. The first-order valence-corrected chi connectivity index (χ1v) is 7.22. The van der Waals surface area contributed by atoms with Crippen LogP contribution in [0.5, 0.6) is 0 Å². The number of allylic oxidation sites excluding steroid dienone is 2. The zero-order valence-corrected chi connectivity index (χ0v) is 12.2. The fourth-order valence-corrected chi connectivity index (χ4v) is 2.65. The Balaban J connectivity index is 1.95. The van der Waals surface area contributed by atoms with Crippen LogP contribution >= 0.6 is 0 Å². The first-order chi connectivity index (χ1) is 10.6. The van der Waals surface area contributed by atoms with E-state index in [0.29, 0.717) is 12.4 Å². The van der Waals surface area contributed by atoms with Crippen LogP contribution in [-0.4, -0.2) is 18.4 Å². The van der Waals surface area contributed by atoms with Gasteiger partial charge in [0.15, 0.2) is 11.4 Å². The summed E-state index contributed by atoms with van der Waals surface area (Å²) in [6, 6.07) is 7.75. The summed E-state index contributed by atoms with van der Waals surface area (Å²) in [4.78, 5) is 22.9. The highest BCUT2D eigenvalue weighted by molar-refractivity contribution is 6.01. The average Bonchev–Trinajstić information content (AvgIpc) is 2.83. The minimum absolute atomic E-state index is 0.0596. The summed E-state index contributed by atoms with van der Waals surface area (Å²) in [6.45, 7) is 2.13. The highest BCUT2D eigenvalue weighted by atomic mass is 16.5. The fourth-order valence-electron chi connectivity index (χ4n) is 2.65. The number of fused-ring (bicyclic) bond motifs is 2. The average molecular weight is 296 g/mol. The Bertz CT molecular complexity index is 694. The number of carbonyl (C=O) groups excluding carboxylic acids is 2.